The first kappa shape index (κ1) is 19.0. The summed E-state index contributed by atoms with van der Waals surface area (Å²) in [6.45, 7) is 1.85. The van der Waals surface area contributed by atoms with Crippen molar-refractivity contribution >= 4 is 39.1 Å². The highest BCUT2D eigenvalue weighted by Gasteiger charge is 2.25. The van der Waals surface area contributed by atoms with Crippen LogP contribution in [0, 0.1) is 6.92 Å². The lowest BCUT2D eigenvalue weighted by Gasteiger charge is -2.12. The van der Waals surface area contributed by atoms with Crippen molar-refractivity contribution in [1.29, 1.82) is 0 Å². The topological polar surface area (TPSA) is 98.8 Å². The smallest absolute Gasteiger partial charge is 0.339 e. The molecule has 0 spiro atoms. The summed E-state index contributed by atoms with van der Waals surface area (Å²) in [5, 5.41) is 1.69. The number of amides is 2. The molecule has 1 saturated heterocycles. The Morgan fingerprint density at radius 3 is 2.33 bits per heavy atom. The van der Waals surface area contributed by atoms with Gasteiger partial charge in [0.2, 0.25) is 0 Å². The van der Waals surface area contributed by atoms with Crippen molar-refractivity contribution in [2.24, 2.45) is 0 Å². The van der Waals surface area contributed by atoms with E-state index in [-0.39, 0.29) is 21.3 Å². The van der Waals surface area contributed by atoms with Crippen LogP contribution in [0.5, 0.6) is 11.5 Å². The molecule has 9 heteroatoms. The lowest BCUT2D eigenvalue weighted by atomic mass is 10.2. The van der Waals surface area contributed by atoms with E-state index < -0.39 is 21.3 Å². The zero-order valence-corrected chi connectivity index (χ0v) is 16.0. The van der Waals surface area contributed by atoms with E-state index in [1.54, 1.807) is 18.2 Å². The highest BCUT2D eigenvalue weighted by atomic mass is 32.2. The van der Waals surface area contributed by atoms with Crippen molar-refractivity contribution in [1.82, 2.24) is 5.32 Å². The van der Waals surface area contributed by atoms with E-state index in [0.717, 1.165) is 17.3 Å². The number of methoxy groups -OCH3 is 1. The first-order valence-corrected chi connectivity index (χ1v) is 9.95. The van der Waals surface area contributed by atoms with E-state index in [2.05, 4.69) is 5.32 Å². The Labute approximate surface area is 160 Å². The third kappa shape index (κ3) is 4.32. The minimum absolute atomic E-state index is 0.00948. The number of nitrogens with one attached hydrogen (secondary N) is 1. The van der Waals surface area contributed by atoms with Crippen LogP contribution >= 0.6 is 11.8 Å². The molecule has 2 aromatic carbocycles. The molecule has 0 bridgehead atoms. The van der Waals surface area contributed by atoms with Gasteiger partial charge >= 0.3 is 10.1 Å². The van der Waals surface area contributed by atoms with Crippen molar-refractivity contribution in [2.45, 2.75) is 11.8 Å². The number of benzene rings is 2. The van der Waals surface area contributed by atoms with E-state index in [1.165, 1.54) is 37.5 Å². The maximum atomic E-state index is 12.5. The molecule has 1 aliphatic rings. The van der Waals surface area contributed by atoms with Crippen LogP contribution in [0.25, 0.3) is 6.08 Å². The molecule has 1 aliphatic heterocycles. The lowest BCUT2D eigenvalue weighted by molar-refractivity contribution is -0.115. The van der Waals surface area contributed by atoms with E-state index in [4.69, 9.17) is 8.92 Å². The SMILES string of the molecule is COc1ccc(/C=C2\SC(=O)NC2=O)cc1OS(=O)(=O)c1ccc(C)cc1. The molecule has 1 N–H and O–H groups in total. The van der Waals surface area contributed by atoms with Crippen molar-refractivity contribution in [3.05, 3.63) is 58.5 Å². The molecular formula is C18H15NO6S2. The minimum atomic E-state index is -4.07. The van der Waals surface area contributed by atoms with Gasteiger partial charge in [-0.25, -0.2) is 0 Å². The molecule has 3 rings (SSSR count). The van der Waals surface area contributed by atoms with Crippen molar-refractivity contribution in [3.63, 3.8) is 0 Å². The van der Waals surface area contributed by atoms with Crippen molar-refractivity contribution in [2.75, 3.05) is 7.11 Å². The fourth-order valence-electron chi connectivity index (χ4n) is 2.29. The second-order valence-corrected chi connectivity index (χ2v) is 8.17. The molecule has 2 amide bonds. The highest BCUT2D eigenvalue weighted by molar-refractivity contribution is 8.18. The molecule has 1 heterocycles. The van der Waals surface area contributed by atoms with Gasteiger partial charge in [-0.3, -0.25) is 14.9 Å². The molecule has 140 valence electrons. The van der Waals surface area contributed by atoms with Gasteiger partial charge in [0.05, 0.1) is 12.0 Å². The average Bonchev–Trinajstić information content (AvgIpc) is 2.92. The maximum Gasteiger partial charge on any atom is 0.339 e. The Hall–Kier alpha value is -2.78. The van der Waals surface area contributed by atoms with E-state index in [0.29, 0.717) is 5.56 Å². The van der Waals surface area contributed by atoms with Crippen LogP contribution in [0.15, 0.2) is 52.3 Å². The number of thioether (sulfide) groups is 1. The Morgan fingerprint density at radius 1 is 1.04 bits per heavy atom. The zero-order valence-electron chi connectivity index (χ0n) is 14.4. The Kier molecular flexibility index (Phi) is 5.24. The zero-order chi connectivity index (χ0) is 19.6. The molecule has 0 atom stereocenters. The summed E-state index contributed by atoms with van der Waals surface area (Å²) in [6.07, 6.45) is 1.47. The fraction of sp³-hybridized carbons (Fsp3) is 0.111. The standard InChI is InChI=1S/C18H15NO6S2/c1-11-3-6-13(7-4-11)27(22,23)25-15-9-12(5-8-14(15)24-2)10-16-17(20)19-18(21)26-16/h3-10H,1-2H3,(H,19,20,21)/b16-10-. The Morgan fingerprint density at radius 2 is 1.74 bits per heavy atom. The van der Waals surface area contributed by atoms with Crippen LogP contribution in [0.1, 0.15) is 11.1 Å². The van der Waals surface area contributed by atoms with Gasteiger partial charge < -0.3 is 8.92 Å². The number of aryl methyl sites for hydroxylation is 1. The molecule has 0 unspecified atom stereocenters. The van der Waals surface area contributed by atoms with E-state index >= 15 is 0 Å². The van der Waals surface area contributed by atoms with Crippen LogP contribution in [-0.4, -0.2) is 26.7 Å². The molecule has 0 radical (unpaired) electrons. The number of hydrogen-bond acceptors (Lipinski definition) is 7. The molecule has 0 aromatic heterocycles. The lowest BCUT2D eigenvalue weighted by Crippen LogP contribution is -2.17. The predicted molar refractivity (Wildman–Crippen MR) is 101 cm³/mol. The van der Waals surface area contributed by atoms with Crippen molar-refractivity contribution in [3.8, 4) is 11.5 Å². The summed E-state index contributed by atoms with van der Waals surface area (Å²) in [7, 11) is -2.68. The highest BCUT2D eigenvalue weighted by Crippen LogP contribution is 2.33. The van der Waals surface area contributed by atoms with Gasteiger partial charge in [0.1, 0.15) is 4.90 Å². The summed E-state index contributed by atoms with van der Waals surface area (Å²) in [5.74, 6) is -0.315. The third-order valence-electron chi connectivity index (χ3n) is 3.64. The quantitative estimate of drug-likeness (QED) is 0.603. The third-order valence-corrected chi connectivity index (χ3v) is 5.70. The van der Waals surface area contributed by atoms with Gasteiger partial charge in [0.25, 0.3) is 11.1 Å². The van der Waals surface area contributed by atoms with Crippen LogP contribution in [0.2, 0.25) is 0 Å². The molecule has 27 heavy (non-hydrogen) atoms. The molecule has 7 nitrogen and oxygen atoms in total. The molecular weight excluding hydrogens is 390 g/mol. The second-order valence-electron chi connectivity index (χ2n) is 5.61. The molecule has 0 aliphatic carbocycles. The van der Waals surface area contributed by atoms with E-state index in [9.17, 15) is 18.0 Å². The van der Waals surface area contributed by atoms with Gasteiger partial charge in [0, 0.05) is 0 Å². The van der Waals surface area contributed by atoms with Gasteiger partial charge in [-0.15, -0.1) is 0 Å². The van der Waals surface area contributed by atoms with Gasteiger partial charge in [-0.2, -0.15) is 8.42 Å². The van der Waals surface area contributed by atoms with Crippen molar-refractivity contribution < 1.29 is 26.9 Å². The maximum absolute atomic E-state index is 12.5. The predicted octanol–water partition coefficient (Wildman–Crippen LogP) is 3.10. The van der Waals surface area contributed by atoms with Crippen LogP contribution in [0.3, 0.4) is 0 Å². The van der Waals surface area contributed by atoms with Gasteiger partial charge in [0.15, 0.2) is 11.5 Å². The number of ether oxygens (including phenoxy) is 1. The summed E-state index contributed by atoms with van der Waals surface area (Å²) in [6, 6.07) is 10.8. The number of carbonyl (C=O) groups is 2. The monoisotopic (exact) mass is 405 g/mol. The van der Waals surface area contributed by atoms with E-state index in [1.807, 2.05) is 6.92 Å². The van der Waals surface area contributed by atoms with Gasteiger partial charge in [-0.1, -0.05) is 23.8 Å². The Balaban J connectivity index is 1.94. The first-order chi connectivity index (χ1) is 12.8. The largest absolute Gasteiger partial charge is 0.493 e. The summed E-state index contributed by atoms with van der Waals surface area (Å²) >= 11 is 0.767. The summed E-state index contributed by atoms with van der Waals surface area (Å²) < 4.78 is 35.5. The van der Waals surface area contributed by atoms with Crippen LogP contribution in [-0.2, 0) is 14.9 Å². The number of carbonyl (C=O) groups excluding carboxylic acids is 2. The fourth-order valence-corrected chi connectivity index (χ4v) is 3.91. The molecule has 0 saturated carbocycles. The van der Waals surface area contributed by atoms with Gasteiger partial charge in [-0.05, 0) is 54.6 Å². The number of hydrogen-bond donors (Lipinski definition) is 1. The second kappa shape index (κ2) is 7.45. The van der Waals surface area contributed by atoms with Crippen LogP contribution in [0.4, 0.5) is 4.79 Å². The summed E-state index contributed by atoms with van der Waals surface area (Å²) in [4.78, 5) is 23.1. The van der Waals surface area contributed by atoms with Crippen LogP contribution < -0.4 is 14.2 Å². The summed E-state index contributed by atoms with van der Waals surface area (Å²) in [5.41, 5.74) is 1.40. The molecule has 1 fully saturated rings. The minimum Gasteiger partial charge on any atom is -0.493 e. The molecule has 2 aromatic rings. The first-order valence-electron chi connectivity index (χ1n) is 7.72. The Bertz CT molecular complexity index is 1040. The average molecular weight is 405 g/mol. The number of rotatable bonds is 5. The normalized spacial score (nSPS) is 15.7. The number of imide groups is 1.